The maximum absolute atomic E-state index is 5.96. The molecule has 0 aromatic heterocycles. The molecular weight excluding hydrogens is 402 g/mol. The van der Waals surface area contributed by atoms with Gasteiger partial charge in [0.25, 0.3) is 0 Å². The van der Waals surface area contributed by atoms with Crippen LogP contribution >= 0.6 is 0 Å². The first-order valence-electron chi connectivity index (χ1n) is 12.2. The standard InChI is InChI=1S/C25H47N5O2/c1-8-29(9-2)16-12-13-21(5)28-25(26-6)27-20-22-14-15-23(24(19-22)31-7)32-18-17-30(10-3)11-4/h14-15,19,21H,8-13,16-18,20H2,1-7H3,(H2,26,27,28). The molecule has 1 unspecified atom stereocenters. The van der Waals surface area contributed by atoms with Crippen molar-refractivity contribution in [3.05, 3.63) is 23.8 Å². The molecule has 0 saturated heterocycles. The van der Waals surface area contributed by atoms with Crippen LogP contribution in [0.1, 0.15) is 53.0 Å². The molecule has 1 aromatic carbocycles. The van der Waals surface area contributed by atoms with Gasteiger partial charge in [-0.15, -0.1) is 0 Å². The lowest BCUT2D eigenvalue weighted by Crippen LogP contribution is -2.42. The summed E-state index contributed by atoms with van der Waals surface area (Å²) in [6.07, 6.45) is 2.30. The van der Waals surface area contributed by atoms with Gasteiger partial charge in [0.05, 0.1) is 7.11 Å². The van der Waals surface area contributed by atoms with E-state index in [9.17, 15) is 0 Å². The molecule has 0 aliphatic carbocycles. The molecule has 0 aliphatic heterocycles. The Morgan fingerprint density at radius 1 is 1.00 bits per heavy atom. The minimum Gasteiger partial charge on any atom is -0.493 e. The Labute approximate surface area is 196 Å². The number of benzene rings is 1. The number of rotatable bonds is 16. The summed E-state index contributed by atoms with van der Waals surface area (Å²) in [5.74, 6) is 2.36. The minimum atomic E-state index is 0.368. The van der Waals surface area contributed by atoms with Crippen LogP contribution in [0.25, 0.3) is 0 Å². The second kappa shape index (κ2) is 16.6. The van der Waals surface area contributed by atoms with Crippen LogP contribution in [0.4, 0.5) is 0 Å². The highest BCUT2D eigenvalue weighted by Gasteiger charge is 2.09. The fourth-order valence-electron chi connectivity index (χ4n) is 3.61. The van der Waals surface area contributed by atoms with Gasteiger partial charge in [-0.05, 0) is 70.2 Å². The molecule has 1 atom stereocenters. The third kappa shape index (κ3) is 10.6. The van der Waals surface area contributed by atoms with Gasteiger partial charge in [0.2, 0.25) is 0 Å². The van der Waals surface area contributed by atoms with Crippen molar-refractivity contribution >= 4 is 5.96 Å². The predicted molar refractivity (Wildman–Crippen MR) is 136 cm³/mol. The maximum Gasteiger partial charge on any atom is 0.191 e. The summed E-state index contributed by atoms with van der Waals surface area (Å²) in [6.45, 7) is 18.7. The molecular formula is C25H47N5O2. The molecule has 0 bridgehead atoms. The topological polar surface area (TPSA) is 61.4 Å². The average Bonchev–Trinajstić information content (AvgIpc) is 2.82. The van der Waals surface area contributed by atoms with E-state index in [2.05, 4.69) is 66.1 Å². The van der Waals surface area contributed by atoms with Gasteiger partial charge < -0.3 is 29.9 Å². The van der Waals surface area contributed by atoms with Gasteiger partial charge in [0, 0.05) is 26.2 Å². The molecule has 1 rings (SSSR count). The van der Waals surface area contributed by atoms with E-state index in [1.165, 1.54) is 6.42 Å². The average molecular weight is 450 g/mol. The number of hydrogen-bond acceptors (Lipinski definition) is 5. The third-order valence-corrected chi connectivity index (χ3v) is 5.86. The number of ether oxygens (including phenoxy) is 2. The van der Waals surface area contributed by atoms with Crippen LogP contribution in [0.5, 0.6) is 11.5 Å². The molecule has 2 N–H and O–H groups in total. The Bertz CT molecular complexity index is 645. The van der Waals surface area contributed by atoms with Crippen LogP contribution in [-0.4, -0.2) is 81.8 Å². The van der Waals surface area contributed by atoms with Crippen LogP contribution in [-0.2, 0) is 6.54 Å². The summed E-state index contributed by atoms with van der Waals surface area (Å²) >= 11 is 0. The monoisotopic (exact) mass is 449 g/mol. The highest BCUT2D eigenvalue weighted by molar-refractivity contribution is 5.79. The molecule has 0 fully saturated rings. The molecule has 0 aliphatic rings. The van der Waals surface area contributed by atoms with Crippen LogP contribution in [0.15, 0.2) is 23.2 Å². The summed E-state index contributed by atoms with van der Waals surface area (Å²) in [7, 11) is 3.50. The summed E-state index contributed by atoms with van der Waals surface area (Å²) in [5.41, 5.74) is 1.12. The smallest absolute Gasteiger partial charge is 0.191 e. The third-order valence-electron chi connectivity index (χ3n) is 5.86. The van der Waals surface area contributed by atoms with E-state index in [1.54, 1.807) is 7.11 Å². The van der Waals surface area contributed by atoms with Gasteiger partial charge in [0.15, 0.2) is 17.5 Å². The summed E-state index contributed by atoms with van der Waals surface area (Å²) in [4.78, 5) is 9.18. The lowest BCUT2D eigenvalue weighted by atomic mass is 10.1. The number of nitrogens with one attached hydrogen (secondary N) is 2. The largest absolute Gasteiger partial charge is 0.493 e. The van der Waals surface area contributed by atoms with Crippen molar-refractivity contribution in [2.75, 3.05) is 60.0 Å². The Hall–Kier alpha value is -1.99. The van der Waals surface area contributed by atoms with Crippen LogP contribution in [0.2, 0.25) is 0 Å². The Morgan fingerprint density at radius 2 is 1.66 bits per heavy atom. The van der Waals surface area contributed by atoms with Crippen LogP contribution < -0.4 is 20.1 Å². The molecule has 0 heterocycles. The Kier molecular flexibility index (Phi) is 14.6. The molecule has 7 heteroatoms. The van der Waals surface area contributed by atoms with Gasteiger partial charge in [-0.1, -0.05) is 33.8 Å². The van der Waals surface area contributed by atoms with E-state index < -0.39 is 0 Å². The number of nitrogens with zero attached hydrogens (tertiary/aromatic N) is 3. The summed E-state index contributed by atoms with van der Waals surface area (Å²) < 4.78 is 11.5. The van der Waals surface area contributed by atoms with E-state index >= 15 is 0 Å². The zero-order chi connectivity index (χ0) is 23.8. The van der Waals surface area contributed by atoms with Crippen molar-refractivity contribution in [3.63, 3.8) is 0 Å². The van der Waals surface area contributed by atoms with Crippen molar-refractivity contribution in [3.8, 4) is 11.5 Å². The van der Waals surface area contributed by atoms with Gasteiger partial charge in [-0.3, -0.25) is 4.99 Å². The SMILES string of the molecule is CCN(CC)CCCC(C)NC(=NC)NCc1ccc(OCCN(CC)CC)c(OC)c1. The second-order valence-electron chi connectivity index (χ2n) is 8.00. The fraction of sp³-hybridized carbons (Fsp3) is 0.720. The number of likely N-dealkylation sites (N-methyl/N-ethyl adjacent to an activating group) is 1. The van der Waals surface area contributed by atoms with Gasteiger partial charge in [-0.25, -0.2) is 0 Å². The zero-order valence-corrected chi connectivity index (χ0v) is 21.5. The Morgan fingerprint density at radius 3 is 2.25 bits per heavy atom. The van der Waals surface area contributed by atoms with Crippen molar-refractivity contribution in [2.45, 2.75) is 60.0 Å². The predicted octanol–water partition coefficient (Wildman–Crippen LogP) is 3.59. The van der Waals surface area contributed by atoms with Crippen molar-refractivity contribution in [1.82, 2.24) is 20.4 Å². The quantitative estimate of drug-likeness (QED) is 0.297. The molecule has 0 radical (unpaired) electrons. The van der Waals surface area contributed by atoms with E-state index in [4.69, 9.17) is 9.47 Å². The van der Waals surface area contributed by atoms with Crippen molar-refractivity contribution in [2.24, 2.45) is 4.99 Å². The first-order chi connectivity index (χ1) is 15.5. The molecule has 0 spiro atoms. The summed E-state index contributed by atoms with van der Waals surface area (Å²) in [6, 6.07) is 6.46. The van der Waals surface area contributed by atoms with Crippen LogP contribution in [0.3, 0.4) is 0 Å². The normalized spacial score (nSPS) is 12.8. The molecule has 7 nitrogen and oxygen atoms in total. The molecule has 1 aromatic rings. The Balaban J connectivity index is 2.51. The first-order valence-corrected chi connectivity index (χ1v) is 12.2. The molecule has 184 valence electrons. The maximum atomic E-state index is 5.96. The van der Waals surface area contributed by atoms with E-state index in [-0.39, 0.29) is 0 Å². The lowest BCUT2D eigenvalue weighted by Gasteiger charge is -2.21. The molecule has 0 saturated carbocycles. The zero-order valence-electron chi connectivity index (χ0n) is 21.5. The van der Waals surface area contributed by atoms with Gasteiger partial charge >= 0.3 is 0 Å². The highest BCUT2D eigenvalue weighted by Crippen LogP contribution is 2.28. The summed E-state index contributed by atoms with van der Waals surface area (Å²) in [5, 5.41) is 6.90. The van der Waals surface area contributed by atoms with E-state index in [0.29, 0.717) is 19.2 Å². The number of hydrogen-bond donors (Lipinski definition) is 2. The lowest BCUT2D eigenvalue weighted by molar-refractivity contribution is 0.217. The molecule has 0 amide bonds. The fourth-order valence-corrected chi connectivity index (χ4v) is 3.61. The van der Waals surface area contributed by atoms with Crippen molar-refractivity contribution < 1.29 is 9.47 Å². The minimum absolute atomic E-state index is 0.368. The first kappa shape index (κ1) is 28.0. The number of methoxy groups -OCH3 is 1. The second-order valence-corrected chi connectivity index (χ2v) is 8.00. The van der Waals surface area contributed by atoms with Crippen LogP contribution in [0, 0.1) is 0 Å². The number of guanidine groups is 1. The van der Waals surface area contributed by atoms with E-state index in [0.717, 1.165) is 68.7 Å². The number of aliphatic imine (C=N–C) groups is 1. The highest BCUT2D eigenvalue weighted by atomic mass is 16.5. The van der Waals surface area contributed by atoms with Gasteiger partial charge in [-0.2, -0.15) is 0 Å². The van der Waals surface area contributed by atoms with Crippen molar-refractivity contribution in [1.29, 1.82) is 0 Å². The molecule has 32 heavy (non-hydrogen) atoms. The van der Waals surface area contributed by atoms with E-state index in [1.807, 2.05) is 19.2 Å². The van der Waals surface area contributed by atoms with Gasteiger partial charge in [0.1, 0.15) is 6.61 Å².